The second-order valence-electron chi connectivity index (χ2n) is 5.19. The molecule has 0 bridgehead atoms. The molecule has 0 aromatic carbocycles. The molecule has 1 aliphatic carbocycles. The van der Waals surface area contributed by atoms with Gasteiger partial charge >= 0.3 is 0 Å². The van der Waals surface area contributed by atoms with Crippen molar-refractivity contribution < 1.29 is 4.39 Å². The third kappa shape index (κ3) is 3.42. The molecule has 2 unspecified atom stereocenters. The quantitative estimate of drug-likeness (QED) is 0.708. The number of alkyl halides is 1. The van der Waals surface area contributed by atoms with Crippen molar-refractivity contribution in [3.8, 4) is 0 Å². The van der Waals surface area contributed by atoms with Gasteiger partial charge in [0.2, 0.25) is 0 Å². The van der Waals surface area contributed by atoms with Gasteiger partial charge in [-0.15, -0.1) is 0 Å². The summed E-state index contributed by atoms with van der Waals surface area (Å²) in [5, 5.41) is 3.23. The first-order chi connectivity index (χ1) is 7.10. The first-order valence-corrected chi connectivity index (χ1v) is 6.05. The predicted molar refractivity (Wildman–Crippen MR) is 62.9 cm³/mol. The van der Waals surface area contributed by atoms with E-state index in [0.29, 0.717) is 6.54 Å². The highest BCUT2D eigenvalue weighted by Gasteiger charge is 2.36. The molecule has 3 heteroatoms. The van der Waals surface area contributed by atoms with E-state index in [2.05, 4.69) is 31.2 Å². The molecule has 0 heterocycles. The normalized spacial score (nSPS) is 32.2. The van der Waals surface area contributed by atoms with Crippen LogP contribution in [-0.2, 0) is 0 Å². The van der Waals surface area contributed by atoms with Crippen LogP contribution in [0.25, 0.3) is 0 Å². The summed E-state index contributed by atoms with van der Waals surface area (Å²) in [5.41, 5.74) is 0.257. The van der Waals surface area contributed by atoms with Crippen LogP contribution in [-0.4, -0.2) is 44.3 Å². The smallest absolute Gasteiger partial charge is 0.102 e. The second-order valence-corrected chi connectivity index (χ2v) is 5.19. The molecule has 0 aliphatic heterocycles. The second kappa shape index (κ2) is 5.80. The van der Waals surface area contributed by atoms with E-state index in [0.717, 1.165) is 12.5 Å². The Morgan fingerprint density at radius 3 is 2.73 bits per heavy atom. The fraction of sp³-hybridized carbons (Fsp3) is 1.00. The van der Waals surface area contributed by atoms with E-state index in [1.807, 2.05) is 0 Å². The molecule has 0 aromatic rings. The molecule has 0 amide bonds. The maximum absolute atomic E-state index is 12.1. The standard InChI is InChI=1S/C12H25FN2/c1-11-5-4-6-12(9-11,15(2)3)10-14-8-7-13/h11,14H,4-10H2,1-3H3. The molecule has 0 aromatic heterocycles. The van der Waals surface area contributed by atoms with Gasteiger partial charge in [0.15, 0.2) is 0 Å². The summed E-state index contributed by atoms with van der Waals surface area (Å²) in [7, 11) is 4.30. The van der Waals surface area contributed by atoms with Crippen LogP contribution in [0.3, 0.4) is 0 Å². The summed E-state index contributed by atoms with van der Waals surface area (Å²) in [6.45, 7) is 3.48. The van der Waals surface area contributed by atoms with Crippen LogP contribution >= 0.6 is 0 Å². The number of nitrogens with zero attached hydrogens (tertiary/aromatic N) is 1. The van der Waals surface area contributed by atoms with Gasteiger partial charge in [-0.1, -0.05) is 19.8 Å². The van der Waals surface area contributed by atoms with Crippen LogP contribution in [0.4, 0.5) is 4.39 Å². The van der Waals surface area contributed by atoms with E-state index >= 15 is 0 Å². The predicted octanol–water partition coefficient (Wildman–Crippen LogP) is 2.06. The minimum absolute atomic E-state index is 0.257. The van der Waals surface area contributed by atoms with E-state index in [1.165, 1.54) is 25.7 Å². The zero-order valence-corrected chi connectivity index (χ0v) is 10.4. The van der Waals surface area contributed by atoms with Crippen molar-refractivity contribution in [3.05, 3.63) is 0 Å². The van der Waals surface area contributed by atoms with Crippen LogP contribution in [0.5, 0.6) is 0 Å². The number of nitrogens with one attached hydrogen (secondary N) is 1. The Kier molecular flexibility index (Phi) is 5.00. The van der Waals surface area contributed by atoms with Gasteiger partial charge in [0.25, 0.3) is 0 Å². The molecule has 2 atom stereocenters. The third-order valence-electron chi connectivity index (χ3n) is 3.74. The first kappa shape index (κ1) is 12.9. The van der Waals surface area contributed by atoms with Gasteiger partial charge < -0.3 is 10.2 Å². The lowest BCUT2D eigenvalue weighted by molar-refractivity contribution is 0.0750. The van der Waals surface area contributed by atoms with Crippen LogP contribution in [0.15, 0.2) is 0 Å². The largest absolute Gasteiger partial charge is 0.312 e. The summed E-state index contributed by atoms with van der Waals surface area (Å²) in [6, 6.07) is 0. The average Bonchev–Trinajstić information content (AvgIpc) is 2.18. The lowest BCUT2D eigenvalue weighted by Gasteiger charge is -2.45. The van der Waals surface area contributed by atoms with Gasteiger partial charge in [0, 0.05) is 18.6 Å². The van der Waals surface area contributed by atoms with Crippen LogP contribution in [0, 0.1) is 5.92 Å². The molecule has 0 saturated heterocycles. The Bertz CT molecular complexity index is 184. The Labute approximate surface area is 93.2 Å². The topological polar surface area (TPSA) is 15.3 Å². The molecule has 1 rings (SSSR count). The summed E-state index contributed by atoms with van der Waals surface area (Å²) in [4.78, 5) is 2.33. The van der Waals surface area contributed by atoms with Gasteiger partial charge in [0.1, 0.15) is 6.67 Å². The fourth-order valence-corrected chi connectivity index (χ4v) is 2.75. The van der Waals surface area contributed by atoms with Gasteiger partial charge in [-0.2, -0.15) is 0 Å². The minimum atomic E-state index is -0.265. The van der Waals surface area contributed by atoms with Gasteiger partial charge in [0.05, 0.1) is 0 Å². The number of halogens is 1. The van der Waals surface area contributed by atoms with Crippen molar-refractivity contribution in [1.29, 1.82) is 0 Å². The zero-order valence-electron chi connectivity index (χ0n) is 10.4. The SMILES string of the molecule is CC1CCCC(CNCCF)(N(C)C)C1. The van der Waals surface area contributed by atoms with Crippen molar-refractivity contribution >= 4 is 0 Å². The summed E-state index contributed by atoms with van der Waals surface area (Å²) in [6.07, 6.45) is 5.12. The van der Waals surface area contributed by atoms with Crippen molar-refractivity contribution in [2.45, 2.75) is 38.1 Å². The van der Waals surface area contributed by atoms with Crippen molar-refractivity contribution in [3.63, 3.8) is 0 Å². The van der Waals surface area contributed by atoms with Crippen LogP contribution in [0.1, 0.15) is 32.6 Å². The average molecular weight is 216 g/mol. The summed E-state index contributed by atoms with van der Waals surface area (Å²) >= 11 is 0. The van der Waals surface area contributed by atoms with Gasteiger partial charge in [-0.05, 0) is 32.9 Å². The van der Waals surface area contributed by atoms with E-state index in [-0.39, 0.29) is 12.2 Å². The summed E-state index contributed by atoms with van der Waals surface area (Å²) in [5.74, 6) is 0.799. The molecule has 1 aliphatic rings. The monoisotopic (exact) mass is 216 g/mol. The molecule has 15 heavy (non-hydrogen) atoms. The van der Waals surface area contributed by atoms with E-state index in [1.54, 1.807) is 0 Å². The minimum Gasteiger partial charge on any atom is -0.312 e. The number of hydrogen-bond donors (Lipinski definition) is 1. The van der Waals surface area contributed by atoms with Crippen molar-refractivity contribution in [1.82, 2.24) is 10.2 Å². The molecular weight excluding hydrogens is 191 g/mol. The maximum atomic E-state index is 12.1. The zero-order chi connectivity index (χ0) is 11.3. The van der Waals surface area contributed by atoms with Crippen molar-refractivity contribution in [2.75, 3.05) is 33.9 Å². The lowest BCUT2D eigenvalue weighted by Crippen LogP contribution is -2.54. The van der Waals surface area contributed by atoms with E-state index < -0.39 is 0 Å². The van der Waals surface area contributed by atoms with Crippen LogP contribution < -0.4 is 5.32 Å². The number of rotatable bonds is 5. The highest BCUT2D eigenvalue weighted by atomic mass is 19.1. The van der Waals surface area contributed by atoms with E-state index in [4.69, 9.17) is 0 Å². The highest BCUT2D eigenvalue weighted by molar-refractivity contribution is 4.94. The molecular formula is C12H25FN2. The van der Waals surface area contributed by atoms with Gasteiger partial charge in [-0.25, -0.2) is 4.39 Å². The van der Waals surface area contributed by atoms with Gasteiger partial charge in [-0.3, -0.25) is 0 Å². The molecule has 1 fully saturated rings. The Hall–Kier alpha value is -0.150. The summed E-state index contributed by atoms with van der Waals surface area (Å²) < 4.78 is 12.1. The fourth-order valence-electron chi connectivity index (χ4n) is 2.75. The molecule has 90 valence electrons. The number of hydrogen-bond acceptors (Lipinski definition) is 2. The molecule has 1 saturated carbocycles. The third-order valence-corrected chi connectivity index (χ3v) is 3.74. The first-order valence-electron chi connectivity index (χ1n) is 6.05. The Morgan fingerprint density at radius 2 is 2.20 bits per heavy atom. The molecule has 0 radical (unpaired) electrons. The Balaban J connectivity index is 2.53. The lowest BCUT2D eigenvalue weighted by atomic mass is 9.75. The van der Waals surface area contributed by atoms with Crippen LogP contribution in [0.2, 0.25) is 0 Å². The molecule has 1 N–H and O–H groups in total. The van der Waals surface area contributed by atoms with Crippen molar-refractivity contribution in [2.24, 2.45) is 5.92 Å². The molecule has 2 nitrogen and oxygen atoms in total. The maximum Gasteiger partial charge on any atom is 0.102 e. The number of likely N-dealkylation sites (N-methyl/N-ethyl adjacent to an activating group) is 1. The molecule has 0 spiro atoms. The Morgan fingerprint density at radius 1 is 1.47 bits per heavy atom. The highest BCUT2D eigenvalue weighted by Crippen LogP contribution is 2.35. The van der Waals surface area contributed by atoms with E-state index in [9.17, 15) is 4.39 Å².